The van der Waals surface area contributed by atoms with Gasteiger partial charge in [0.05, 0.1) is 23.0 Å². The first-order chi connectivity index (χ1) is 14.6. The van der Waals surface area contributed by atoms with Crippen LogP contribution in [0, 0.1) is 6.92 Å². The van der Waals surface area contributed by atoms with Crippen molar-refractivity contribution >= 4 is 39.0 Å². The van der Waals surface area contributed by atoms with Gasteiger partial charge in [0.15, 0.2) is 9.99 Å². The number of ether oxygens (including phenoxy) is 1. The summed E-state index contributed by atoms with van der Waals surface area (Å²) in [5.41, 5.74) is 5.03. The fourth-order valence-electron chi connectivity index (χ4n) is 3.42. The minimum atomic E-state index is -0.122. The van der Waals surface area contributed by atoms with Crippen molar-refractivity contribution in [1.82, 2.24) is 19.6 Å². The number of aromatic amines is 1. The van der Waals surface area contributed by atoms with E-state index in [-0.39, 0.29) is 5.56 Å². The van der Waals surface area contributed by atoms with Gasteiger partial charge >= 0.3 is 0 Å². The van der Waals surface area contributed by atoms with Gasteiger partial charge in [-0.25, -0.2) is 14.5 Å². The smallest absolute Gasteiger partial charge is 0.272 e. The van der Waals surface area contributed by atoms with Gasteiger partial charge in [-0.05, 0) is 36.8 Å². The van der Waals surface area contributed by atoms with Gasteiger partial charge in [-0.1, -0.05) is 36.0 Å². The van der Waals surface area contributed by atoms with Crippen LogP contribution in [0.4, 0.5) is 0 Å². The molecule has 0 unspecified atom stereocenters. The zero-order valence-corrected chi connectivity index (χ0v) is 18.0. The molecule has 5 aromatic rings. The molecule has 150 valence electrons. The van der Waals surface area contributed by atoms with E-state index in [1.807, 2.05) is 49.4 Å². The van der Waals surface area contributed by atoms with E-state index in [1.165, 1.54) is 4.52 Å². The predicted molar refractivity (Wildman–Crippen MR) is 122 cm³/mol. The second-order valence-corrected chi connectivity index (χ2v) is 9.07. The maximum atomic E-state index is 12.7. The lowest BCUT2D eigenvalue weighted by Crippen LogP contribution is -2.15. The van der Waals surface area contributed by atoms with Gasteiger partial charge in [0.25, 0.3) is 5.56 Å². The molecule has 0 saturated carbocycles. The fourth-order valence-corrected chi connectivity index (χ4v) is 5.38. The van der Waals surface area contributed by atoms with Gasteiger partial charge in [0, 0.05) is 23.1 Å². The van der Waals surface area contributed by atoms with E-state index in [1.54, 1.807) is 36.3 Å². The van der Waals surface area contributed by atoms with Crippen LogP contribution in [0.25, 0.3) is 27.0 Å². The summed E-state index contributed by atoms with van der Waals surface area (Å²) >= 11 is 3.25. The molecule has 5 rings (SSSR count). The van der Waals surface area contributed by atoms with Gasteiger partial charge in [-0.2, -0.15) is 0 Å². The summed E-state index contributed by atoms with van der Waals surface area (Å²) in [4.78, 5) is 22.2. The third-order valence-corrected chi connectivity index (χ3v) is 7.06. The molecule has 0 aliphatic carbocycles. The molecule has 0 saturated heterocycles. The van der Waals surface area contributed by atoms with Crippen LogP contribution in [0.1, 0.15) is 11.4 Å². The van der Waals surface area contributed by atoms with Gasteiger partial charge in [0.1, 0.15) is 5.75 Å². The molecule has 0 fully saturated rings. The molecule has 30 heavy (non-hydrogen) atoms. The maximum absolute atomic E-state index is 12.7. The lowest BCUT2D eigenvalue weighted by atomic mass is 10.1. The predicted octanol–water partition coefficient (Wildman–Crippen LogP) is 4.91. The Morgan fingerprint density at radius 3 is 2.70 bits per heavy atom. The van der Waals surface area contributed by atoms with Crippen molar-refractivity contribution in [2.45, 2.75) is 17.0 Å². The Hall–Kier alpha value is -3.10. The number of methoxy groups -OCH3 is 1. The quantitative estimate of drug-likeness (QED) is 0.398. The second kappa shape index (κ2) is 7.62. The average Bonchev–Trinajstić information content (AvgIpc) is 3.33. The number of hydrogen-bond acceptors (Lipinski definition) is 6. The molecule has 8 heteroatoms. The molecule has 0 spiro atoms. The van der Waals surface area contributed by atoms with Crippen molar-refractivity contribution in [2.75, 3.05) is 7.11 Å². The van der Waals surface area contributed by atoms with E-state index in [0.717, 1.165) is 42.8 Å². The highest BCUT2D eigenvalue weighted by Gasteiger charge is 2.15. The summed E-state index contributed by atoms with van der Waals surface area (Å²) in [6.07, 6.45) is 0. The van der Waals surface area contributed by atoms with E-state index >= 15 is 0 Å². The van der Waals surface area contributed by atoms with Crippen LogP contribution in [0.3, 0.4) is 0 Å². The maximum Gasteiger partial charge on any atom is 0.272 e. The zero-order chi connectivity index (χ0) is 20.7. The van der Waals surface area contributed by atoms with Crippen LogP contribution in [0.15, 0.2) is 63.7 Å². The molecule has 0 aliphatic heterocycles. The Bertz CT molecular complexity index is 1380. The number of rotatable bonds is 5. The minimum Gasteiger partial charge on any atom is -0.497 e. The van der Waals surface area contributed by atoms with Gasteiger partial charge < -0.3 is 4.74 Å². The van der Waals surface area contributed by atoms with Gasteiger partial charge in [0.2, 0.25) is 0 Å². The molecule has 6 nitrogen and oxygen atoms in total. The number of thiazole rings is 1. The Labute approximate surface area is 180 Å². The SMILES string of the molecule is COc1ccc(-c2c(C)[nH]n3c(=O)cc(CSc4nc5ccccc5s4)nc23)cc1. The molecule has 0 aliphatic rings. The largest absolute Gasteiger partial charge is 0.497 e. The number of nitrogens with one attached hydrogen (secondary N) is 1. The van der Waals surface area contributed by atoms with Crippen LogP contribution in [-0.4, -0.2) is 26.7 Å². The summed E-state index contributed by atoms with van der Waals surface area (Å²) in [5.74, 6) is 1.37. The molecular weight excluding hydrogens is 416 g/mol. The van der Waals surface area contributed by atoms with Crippen LogP contribution in [0.2, 0.25) is 0 Å². The van der Waals surface area contributed by atoms with Crippen LogP contribution < -0.4 is 10.3 Å². The number of para-hydroxylation sites is 1. The van der Waals surface area contributed by atoms with E-state index in [9.17, 15) is 4.79 Å². The highest BCUT2D eigenvalue weighted by Crippen LogP contribution is 2.32. The number of nitrogens with zero attached hydrogens (tertiary/aromatic N) is 3. The monoisotopic (exact) mass is 434 g/mol. The molecule has 3 aromatic heterocycles. The Morgan fingerprint density at radius 1 is 1.13 bits per heavy atom. The average molecular weight is 435 g/mol. The summed E-state index contributed by atoms with van der Waals surface area (Å²) in [7, 11) is 1.64. The molecule has 0 bridgehead atoms. The molecule has 2 aromatic carbocycles. The number of H-pyrrole nitrogens is 1. The lowest BCUT2D eigenvalue weighted by molar-refractivity contribution is 0.415. The third-order valence-electron chi connectivity index (χ3n) is 4.85. The van der Waals surface area contributed by atoms with Crippen LogP contribution in [0.5, 0.6) is 5.75 Å². The van der Waals surface area contributed by atoms with Crippen molar-refractivity contribution in [3.05, 3.63) is 76.3 Å². The first-order valence-electron chi connectivity index (χ1n) is 9.36. The van der Waals surface area contributed by atoms with Crippen molar-refractivity contribution in [2.24, 2.45) is 0 Å². The van der Waals surface area contributed by atoms with Gasteiger partial charge in [-0.3, -0.25) is 9.89 Å². The summed E-state index contributed by atoms with van der Waals surface area (Å²) in [6, 6.07) is 17.4. The molecule has 0 amide bonds. The summed E-state index contributed by atoms with van der Waals surface area (Å²) < 4.78 is 8.88. The topological polar surface area (TPSA) is 72.3 Å². The van der Waals surface area contributed by atoms with Gasteiger partial charge in [-0.15, -0.1) is 11.3 Å². The van der Waals surface area contributed by atoms with Crippen molar-refractivity contribution in [3.63, 3.8) is 0 Å². The van der Waals surface area contributed by atoms with Crippen molar-refractivity contribution in [1.29, 1.82) is 0 Å². The van der Waals surface area contributed by atoms with Crippen molar-refractivity contribution < 1.29 is 4.74 Å². The Balaban J connectivity index is 1.50. The zero-order valence-electron chi connectivity index (χ0n) is 16.4. The number of hydrogen-bond donors (Lipinski definition) is 1. The number of benzene rings is 2. The highest BCUT2D eigenvalue weighted by molar-refractivity contribution is 8.00. The first kappa shape index (κ1) is 18.9. The van der Waals surface area contributed by atoms with E-state index in [2.05, 4.69) is 16.1 Å². The molecule has 1 N–H and O–H groups in total. The Morgan fingerprint density at radius 2 is 1.93 bits per heavy atom. The van der Waals surface area contributed by atoms with E-state index in [4.69, 9.17) is 9.72 Å². The fraction of sp³-hybridized carbons (Fsp3) is 0.136. The molecular formula is C22H18N4O2S2. The lowest BCUT2D eigenvalue weighted by Gasteiger charge is -2.04. The standard InChI is InChI=1S/C22H18N4O2S2/c1-13-20(14-7-9-16(28-2)10-8-14)21-23-15(11-19(27)26(21)25-13)12-29-22-24-17-5-3-4-6-18(17)30-22/h3-11,25H,12H2,1-2H3. The summed E-state index contributed by atoms with van der Waals surface area (Å²) in [5, 5.41) is 3.13. The molecule has 0 radical (unpaired) electrons. The van der Waals surface area contributed by atoms with E-state index in [0.29, 0.717) is 11.4 Å². The first-order valence-corrected chi connectivity index (χ1v) is 11.2. The normalized spacial score (nSPS) is 11.4. The highest BCUT2D eigenvalue weighted by atomic mass is 32.2. The van der Waals surface area contributed by atoms with Crippen LogP contribution in [-0.2, 0) is 5.75 Å². The van der Waals surface area contributed by atoms with Crippen LogP contribution >= 0.6 is 23.1 Å². The minimum absolute atomic E-state index is 0.122. The number of thioether (sulfide) groups is 1. The number of aromatic nitrogens is 4. The molecule has 0 atom stereocenters. The second-order valence-electron chi connectivity index (χ2n) is 6.82. The Kier molecular flexibility index (Phi) is 4.80. The number of fused-ring (bicyclic) bond motifs is 2. The number of aryl methyl sites for hydroxylation is 1. The summed E-state index contributed by atoms with van der Waals surface area (Å²) in [6.45, 7) is 1.95. The molecule has 3 heterocycles. The van der Waals surface area contributed by atoms with Crippen molar-refractivity contribution in [3.8, 4) is 16.9 Å². The third kappa shape index (κ3) is 3.38. The van der Waals surface area contributed by atoms with E-state index < -0.39 is 0 Å².